The van der Waals surface area contributed by atoms with Crippen molar-refractivity contribution >= 4 is 11.7 Å². The van der Waals surface area contributed by atoms with Crippen molar-refractivity contribution in [2.75, 3.05) is 11.9 Å². The third kappa shape index (κ3) is 3.35. The number of aryl methyl sites for hydroxylation is 1. The molecule has 0 aliphatic heterocycles. The lowest BCUT2D eigenvalue weighted by Crippen LogP contribution is -2.30. The molecule has 0 amide bonds. The Hall–Kier alpha value is -1.78. The number of rotatable bonds is 5. The van der Waals surface area contributed by atoms with E-state index in [0.29, 0.717) is 11.6 Å². The zero-order valence-electron chi connectivity index (χ0n) is 11.5. The minimum absolute atomic E-state index is 0.110. The van der Waals surface area contributed by atoms with Gasteiger partial charge in [-0.15, -0.1) is 0 Å². The Labute approximate surface area is 108 Å². The van der Waals surface area contributed by atoms with Crippen molar-refractivity contribution in [3.05, 3.63) is 23.4 Å². The van der Waals surface area contributed by atoms with Gasteiger partial charge in [0.2, 0.25) is 0 Å². The standard InChI is InChI=1S/C13H22N4O/c1-5-6-10(3)17(4)12-8-11(13(14)16-18)7-9(2)15-12/h7-8,10,18H,5-6H2,1-4H3,(H2,14,16). The van der Waals surface area contributed by atoms with E-state index in [4.69, 9.17) is 10.9 Å². The minimum atomic E-state index is 0.110. The van der Waals surface area contributed by atoms with Gasteiger partial charge in [-0.3, -0.25) is 0 Å². The van der Waals surface area contributed by atoms with E-state index >= 15 is 0 Å². The number of anilines is 1. The Balaban J connectivity index is 3.06. The van der Waals surface area contributed by atoms with E-state index in [1.165, 1.54) is 0 Å². The smallest absolute Gasteiger partial charge is 0.170 e. The summed E-state index contributed by atoms with van der Waals surface area (Å²) in [6, 6.07) is 4.05. The van der Waals surface area contributed by atoms with Gasteiger partial charge >= 0.3 is 0 Å². The quantitative estimate of drug-likeness (QED) is 0.363. The van der Waals surface area contributed by atoms with Crippen LogP contribution < -0.4 is 10.6 Å². The van der Waals surface area contributed by atoms with E-state index in [1.54, 1.807) is 6.07 Å². The van der Waals surface area contributed by atoms with Crippen LogP contribution in [-0.2, 0) is 0 Å². The van der Waals surface area contributed by atoms with Crippen LogP contribution in [0, 0.1) is 6.92 Å². The SMILES string of the molecule is CCCC(C)N(C)c1cc(/C(N)=N/O)cc(C)n1. The molecule has 0 aliphatic carbocycles. The fourth-order valence-electron chi connectivity index (χ4n) is 1.87. The highest BCUT2D eigenvalue weighted by atomic mass is 16.4. The van der Waals surface area contributed by atoms with E-state index in [-0.39, 0.29) is 5.84 Å². The molecule has 1 rings (SSSR count). The molecule has 5 heteroatoms. The van der Waals surface area contributed by atoms with E-state index < -0.39 is 0 Å². The summed E-state index contributed by atoms with van der Waals surface area (Å²) in [5, 5.41) is 11.8. The maximum absolute atomic E-state index is 8.73. The van der Waals surface area contributed by atoms with Gasteiger partial charge in [-0.05, 0) is 32.4 Å². The van der Waals surface area contributed by atoms with Crippen LogP contribution in [0.15, 0.2) is 17.3 Å². The van der Waals surface area contributed by atoms with Gasteiger partial charge in [-0.25, -0.2) is 4.98 Å². The van der Waals surface area contributed by atoms with Gasteiger partial charge in [-0.2, -0.15) is 0 Å². The molecule has 18 heavy (non-hydrogen) atoms. The Morgan fingerprint density at radius 3 is 2.78 bits per heavy atom. The molecule has 0 bridgehead atoms. The monoisotopic (exact) mass is 250 g/mol. The highest BCUT2D eigenvalue weighted by molar-refractivity contribution is 5.97. The van der Waals surface area contributed by atoms with Crippen LogP contribution in [0.3, 0.4) is 0 Å². The number of nitrogens with zero attached hydrogens (tertiary/aromatic N) is 3. The van der Waals surface area contributed by atoms with Crippen LogP contribution in [0.5, 0.6) is 0 Å². The summed E-state index contributed by atoms with van der Waals surface area (Å²) in [5.74, 6) is 0.954. The molecule has 0 aliphatic rings. The van der Waals surface area contributed by atoms with Crippen LogP contribution >= 0.6 is 0 Å². The summed E-state index contributed by atoms with van der Waals surface area (Å²) in [7, 11) is 2.01. The molecule has 0 saturated heterocycles. The topological polar surface area (TPSA) is 74.7 Å². The summed E-state index contributed by atoms with van der Waals surface area (Å²) in [5.41, 5.74) is 7.16. The lowest BCUT2D eigenvalue weighted by atomic mass is 10.1. The number of hydrogen-bond donors (Lipinski definition) is 2. The van der Waals surface area contributed by atoms with Gasteiger partial charge in [0.1, 0.15) is 5.82 Å². The number of aromatic nitrogens is 1. The molecule has 3 N–H and O–H groups in total. The third-order valence-corrected chi connectivity index (χ3v) is 3.07. The maximum atomic E-state index is 8.73. The summed E-state index contributed by atoms with van der Waals surface area (Å²) >= 11 is 0. The second-order valence-corrected chi connectivity index (χ2v) is 4.59. The Bertz CT molecular complexity index is 431. The van der Waals surface area contributed by atoms with Crippen LogP contribution in [0.4, 0.5) is 5.82 Å². The Morgan fingerprint density at radius 2 is 2.22 bits per heavy atom. The molecule has 1 heterocycles. The fraction of sp³-hybridized carbons (Fsp3) is 0.538. The van der Waals surface area contributed by atoms with Gasteiger partial charge in [0.15, 0.2) is 5.84 Å². The van der Waals surface area contributed by atoms with Crippen molar-refractivity contribution in [1.29, 1.82) is 0 Å². The van der Waals surface area contributed by atoms with Gasteiger partial charge in [0, 0.05) is 24.3 Å². The first-order chi connectivity index (χ1) is 8.49. The third-order valence-electron chi connectivity index (χ3n) is 3.07. The number of pyridine rings is 1. The molecule has 1 aromatic heterocycles. The lowest BCUT2D eigenvalue weighted by Gasteiger charge is -2.26. The van der Waals surface area contributed by atoms with E-state index in [9.17, 15) is 0 Å². The second kappa shape index (κ2) is 6.23. The van der Waals surface area contributed by atoms with Gasteiger partial charge in [0.25, 0.3) is 0 Å². The predicted octanol–water partition coefficient (Wildman–Crippen LogP) is 2.11. The summed E-state index contributed by atoms with van der Waals surface area (Å²) in [6.07, 6.45) is 2.23. The van der Waals surface area contributed by atoms with E-state index in [2.05, 4.69) is 28.9 Å². The Morgan fingerprint density at radius 1 is 1.56 bits per heavy atom. The van der Waals surface area contributed by atoms with Crippen molar-refractivity contribution < 1.29 is 5.21 Å². The van der Waals surface area contributed by atoms with Crippen LogP contribution in [0.2, 0.25) is 0 Å². The molecule has 0 radical (unpaired) electrons. The number of nitrogens with two attached hydrogens (primary N) is 1. The summed E-state index contributed by atoms with van der Waals surface area (Å²) in [4.78, 5) is 6.60. The van der Waals surface area contributed by atoms with Gasteiger partial charge in [0.05, 0.1) is 0 Å². The lowest BCUT2D eigenvalue weighted by molar-refractivity contribution is 0.318. The van der Waals surface area contributed by atoms with Crippen molar-refractivity contribution in [1.82, 2.24) is 4.98 Å². The van der Waals surface area contributed by atoms with Gasteiger partial charge < -0.3 is 15.8 Å². The van der Waals surface area contributed by atoms with Crippen molar-refractivity contribution in [3.63, 3.8) is 0 Å². The first kappa shape index (κ1) is 14.3. The van der Waals surface area contributed by atoms with E-state index in [0.717, 1.165) is 24.4 Å². The zero-order valence-corrected chi connectivity index (χ0v) is 11.5. The highest BCUT2D eigenvalue weighted by Gasteiger charge is 2.12. The molecule has 0 fully saturated rings. The summed E-state index contributed by atoms with van der Waals surface area (Å²) < 4.78 is 0. The number of amidine groups is 1. The van der Waals surface area contributed by atoms with E-state index in [1.807, 2.05) is 20.0 Å². The fourth-order valence-corrected chi connectivity index (χ4v) is 1.87. The van der Waals surface area contributed by atoms with Crippen molar-refractivity contribution in [2.45, 2.75) is 39.7 Å². The van der Waals surface area contributed by atoms with Crippen molar-refractivity contribution in [3.8, 4) is 0 Å². The minimum Gasteiger partial charge on any atom is -0.409 e. The largest absolute Gasteiger partial charge is 0.409 e. The molecule has 1 atom stereocenters. The first-order valence-corrected chi connectivity index (χ1v) is 6.19. The average molecular weight is 250 g/mol. The molecule has 0 aromatic carbocycles. The average Bonchev–Trinajstić information content (AvgIpc) is 2.36. The molecular formula is C13H22N4O. The molecule has 0 saturated carbocycles. The molecule has 0 spiro atoms. The second-order valence-electron chi connectivity index (χ2n) is 4.59. The van der Waals surface area contributed by atoms with Crippen LogP contribution in [0.25, 0.3) is 0 Å². The molecule has 5 nitrogen and oxygen atoms in total. The number of oxime groups is 1. The molecule has 100 valence electrons. The molecular weight excluding hydrogens is 228 g/mol. The van der Waals surface area contributed by atoms with Crippen molar-refractivity contribution in [2.24, 2.45) is 10.9 Å². The molecule has 1 aromatic rings. The zero-order chi connectivity index (χ0) is 13.7. The maximum Gasteiger partial charge on any atom is 0.170 e. The normalized spacial score (nSPS) is 13.4. The van der Waals surface area contributed by atoms with Gasteiger partial charge in [-0.1, -0.05) is 18.5 Å². The number of hydrogen-bond acceptors (Lipinski definition) is 4. The molecule has 1 unspecified atom stereocenters. The summed E-state index contributed by atoms with van der Waals surface area (Å²) in [6.45, 7) is 6.22. The highest BCUT2D eigenvalue weighted by Crippen LogP contribution is 2.17. The predicted molar refractivity (Wildman–Crippen MR) is 74.3 cm³/mol. The van der Waals surface area contributed by atoms with Crippen LogP contribution in [0.1, 0.15) is 37.9 Å². The van der Waals surface area contributed by atoms with Crippen LogP contribution in [-0.4, -0.2) is 29.1 Å². The Kier molecular flexibility index (Phi) is 4.95. The first-order valence-electron chi connectivity index (χ1n) is 6.19.